The number of anilines is 2. The number of fused-ring (bicyclic) bond motifs is 1. The van der Waals surface area contributed by atoms with Gasteiger partial charge in [-0.1, -0.05) is 38.8 Å². The molecule has 2 aliphatic rings. The quantitative estimate of drug-likeness (QED) is 0.408. The second-order valence-corrected chi connectivity index (χ2v) is 10.5. The van der Waals surface area contributed by atoms with E-state index in [4.69, 9.17) is 9.72 Å². The maximum Gasteiger partial charge on any atom is 0.259 e. The predicted molar refractivity (Wildman–Crippen MR) is 139 cm³/mol. The van der Waals surface area contributed by atoms with E-state index in [1.807, 2.05) is 6.07 Å². The zero-order valence-corrected chi connectivity index (χ0v) is 20.5. The molecule has 180 valence electrons. The van der Waals surface area contributed by atoms with Crippen molar-refractivity contribution in [1.29, 1.82) is 0 Å². The summed E-state index contributed by atoms with van der Waals surface area (Å²) in [5.74, 6) is 3.22. The summed E-state index contributed by atoms with van der Waals surface area (Å²) in [5.41, 5.74) is 3.34. The largest absolute Gasteiger partial charge is 0.381 e. The number of nitrogens with one attached hydrogen (secondary N) is 2. The molecule has 1 aliphatic heterocycles. The summed E-state index contributed by atoms with van der Waals surface area (Å²) < 4.78 is 5.51. The Bertz CT molecular complexity index is 1160. The highest BCUT2D eigenvalue weighted by atomic mass is 16.5. The molecule has 1 saturated carbocycles. The highest BCUT2D eigenvalue weighted by Crippen LogP contribution is 2.38. The van der Waals surface area contributed by atoms with Crippen molar-refractivity contribution in [3.05, 3.63) is 64.2 Å². The van der Waals surface area contributed by atoms with Gasteiger partial charge in [0.05, 0.1) is 5.39 Å². The zero-order valence-electron chi connectivity index (χ0n) is 20.5. The molecule has 1 aromatic carbocycles. The normalized spacial score (nSPS) is 22.1. The fourth-order valence-corrected chi connectivity index (χ4v) is 5.83. The van der Waals surface area contributed by atoms with Gasteiger partial charge in [-0.25, -0.2) is 4.98 Å². The third-order valence-corrected chi connectivity index (χ3v) is 8.01. The second-order valence-electron chi connectivity index (χ2n) is 10.5. The van der Waals surface area contributed by atoms with Crippen LogP contribution in [0.4, 0.5) is 11.5 Å². The van der Waals surface area contributed by atoms with E-state index >= 15 is 0 Å². The average Bonchev–Trinajstić information content (AvgIpc) is 3.12. The molecule has 2 fully saturated rings. The molecule has 1 aliphatic carbocycles. The fraction of sp³-hybridized carbons (Fsp3) is 0.517. The molecule has 0 spiro atoms. The van der Waals surface area contributed by atoms with Crippen LogP contribution in [0.3, 0.4) is 0 Å². The molecular weight excluding hydrogens is 422 g/mol. The molecule has 3 aromatic rings. The van der Waals surface area contributed by atoms with Crippen LogP contribution in [0.5, 0.6) is 0 Å². The number of aromatic nitrogens is 2. The lowest BCUT2D eigenvalue weighted by atomic mass is 9.88. The summed E-state index contributed by atoms with van der Waals surface area (Å²) in [6, 6.07) is 12.8. The van der Waals surface area contributed by atoms with E-state index in [9.17, 15) is 4.79 Å². The molecule has 5 rings (SSSR count). The van der Waals surface area contributed by atoms with Gasteiger partial charge in [-0.05, 0) is 85.1 Å². The Morgan fingerprint density at radius 3 is 2.53 bits per heavy atom. The van der Waals surface area contributed by atoms with Gasteiger partial charge < -0.3 is 15.0 Å². The Kier molecular flexibility index (Phi) is 7.00. The molecule has 34 heavy (non-hydrogen) atoms. The molecule has 2 atom stereocenters. The molecule has 5 nitrogen and oxygen atoms in total. The molecule has 2 unspecified atom stereocenters. The number of pyridine rings is 2. The molecular formula is C29H37N3O2. The van der Waals surface area contributed by atoms with Gasteiger partial charge >= 0.3 is 0 Å². The maximum absolute atomic E-state index is 12.8. The summed E-state index contributed by atoms with van der Waals surface area (Å²) in [7, 11) is 0. The van der Waals surface area contributed by atoms with Crippen LogP contribution >= 0.6 is 0 Å². The number of rotatable bonds is 5. The molecule has 5 heteroatoms. The van der Waals surface area contributed by atoms with Crippen molar-refractivity contribution in [2.75, 3.05) is 18.5 Å². The van der Waals surface area contributed by atoms with Gasteiger partial charge in [-0.3, -0.25) is 4.79 Å². The Balaban J connectivity index is 1.43. The van der Waals surface area contributed by atoms with Crippen molar-refractivity contribution in [2.24, 2.45) is 11.8 Å². The predicted octanol–water partition coefficient (Wildman–Crippen LogP) is 6.88. The fourth-order valence-electron chi connectivity index (χ4n) is 5.83. The second kappa shape index (κ2) is 10.3. The number of nitrogens with zero attached hydrogens (tertiary/aromatic N) is 1. The zero-order chi connectivity index (χ0) is 23.5. The van der Waals surface area contributed by atoms with Crippen LogP contribution in [-0.4, -0.2) is 23.2 Å². The first-order valence-electron chi connectivity index (χ1n) is 13.1. The maximum atomic E-state index is 12.8. The van der Waals surface area contributed by atoms with Crippen molar-refractivity contribution in [1.82, 2.24) is 9.97 Å². The Morgan fingerprint density at radius 2 is 1.76 bits per heavy atom. The van der Waals surface area contributed by atoms with E-state index in [0.717, 1.165) is 54.7 Å². The summed E-state index contributed by atoms with van der Waals surface area (Å²) in [6.07, 6.45) is 10.1. The van der Waals surface area contributed by atoms with E-state index in [1.165, 1.54) is 37.7 Å². The van der Waals surface area contributed by atoms with Gasteiger partial charge in [-0.2, -0.15) is 0 Å². The summed E-state index contributed by atoms with van der Waals surface area (Å²) >= 11 is 0. The topological polar surface area (TPSA) is 67.0 Å². The first-order chi connectivity index (χ1) is 16.6. The third kappa shape index (κ3) is 5.05. The van der Waals surface area contributed by atoms with Crippen molar-refractivity contribution in [3.63, 3.8) is 0 Å². The summed E-state index contributed by atoms with van der Waals surface area (Å²) in [4.78, 5) is 20.7. The number of ether oxygens (including phenoxy) is 1. The van der Waals surface area contributed by atoms with E-state index in [0.29, 0.717) is 23.0 Å². The number of hydrogen-bond acceptors (Lipinski definition) is 4. The first-order valence-corrected chi connectivity index (χ1v) is 13.1. The van der Waals surface area contributed by atoms with Gasteiger partial charge in [0, 0.05) is 36.7 Å². The molecule has 2 aromatic heterocycles. The van der Waals surface area contributed by atoms with Crippen molar-refractivity contribution in [2.45, 2.75) is 70.6 Å². The van der Waals surface area contributed by atoms with Crippen LogP contribution in [0.15, 0.2) is 47.4 Å². The van der Waals surface area contributed by atoms with Crippen LogP contribution in [-0.2, 0) is 4.74 Å². The molecule has 0 amide bonds. The number of benzene rings is 1. The van der Waals surface area contributed by atoms with Gasteiger partial charge in [0.25, 0.3) is 5.56 Å². The van der Waals surface area contributed by atoms with Gasteiger partial charge in [0.2, 0.25) is 0 Å². The Morgan fingerprint density at radius 1 is 0.971 bits per heavy atom. The minimum atomic E-state index is -0.0985. The van der Waals surface area contributed by atoms with Crippen molar-refractivity contribution >= 4 is 22.3 Å². The van der Waals surface area contributed by atoms with E-state index < -0.39 is 0 Å². The van der Waals surface area contributed by atoms with Crippen molar-refractivity contribution < 1.29 is 4.74 Å². The van der Waals surface area contributed by atoms with Gasteiger partial charge in [0.15, 0.2) is 0 Å². The SMILES string of the molecule is CC(C)C1CCCC(c2cc3cc[nH]c(=O)c3c(Nc3ccc(C4CCOCC4)cc3)n2)CC1. The standard InChI is InChI=1S/C29H37N3O2/c1-19(2)20-4-3-5-23(7-6-20)26-18-24-12-15-30-29(33)27(24)28(32-26)31-25-10-8-21(9-11-25)22-13-16-34-17-14-22/h8-12,15,18-20,22-23H,3-7,13-14,16-17H2,1-2H3,(H,30,33)(H,31,32). The third-order valence-electron chi connectivity index (χ3n) is 8.01. The minimum Gasteiger partial charge on any atom is -0.381 e. The highest BCUT2D eigenvalue weighted by Gasteiger charge is 2.24. The first kappa shape index (κ1) is 23.1. The Hall–Kier alpha value is -2.66. The van der Waals surface area contributed by atoms with Crippen LogP contribution in [0.2, 0.25) is 0 Å². The smallest absolute Gasteiger partial charge is 0.259 e. The van der Waals surface area contributed by atoms with Gasteiger partial charge in [0.1, 0.15) is 5.82 Å². The molecule has 3 heterocycles. The Labute approximate surface area is 202 Å². The van der Waals surface area contributed by atoms with Crippen LogP contribution in [0.1, 0.15) is 81.9 Å². The average molecular weight is 460 g/mol. The molecule has 0 radical (unpaired) electrons. The molecule has 0 bridgehead atoms. The van der Waals surface area contributed by atoms with E-state index in [1.54, 1.807) is 6.20 Å². The lowest BCUT2D eigenvalue weighted by Gasteiger charge is -2.22. The van der Waals surface area contributed by atoms with Gasteiger partial charge in [-0.15, -0.1) is 0 Å². The minimum absolute atomic E-state index is 0.0985. The van der Waals surface area contributed by atoms with Crippen LogP contribution < -0.4 is 10.9 Å². The number of hydrogen-bond donors (Lipinski definition) is 2. The summed E-state index contributed by atoms with van der Waals surface area (Å²) in [5, 5.41) is 5.08. The van der Waals surface area contributed by atoms with Crippen LogP contribution in [0, 0.1) is 11.8 Å². The summed E-state index contributed by atoms with van der Waals surface area (Å²) in [6.45, 7) is 6.38. The number of H-pyrrole nitrogens is 1. The number of aromatic amines is 1. The lowest BCUT2D eigenvalue weighted by Crippen LogP contribution is -2.14. The van der Waals surface area contributed by atoms with Crippen molar-refractivity contribution in [3.8, 4) is 0 Å². The molecule has 2 N–H and O–H groups in total. The highest BCUT2D eigenvalue weighted by molar-refractivity contribution is 5.92. The van der Waals surface area contributed by atoms with E-state index in [-0.39, 0.29) is 5.56 Å². The van der Waals surface area contributed by atoms with Crippen LogP contribution in [0.25, 0.3) is 10.8 Å². The van der Waals surface area contributed by atoms with E-state index in [2.05, 4.69) is 54.5 Å². The lowest BCUT2D eigenvalue weighted by molar-refractivity contribution is 0.0853. The monoisotopic (exact) mass is 459 g/mol. The molecule has 1 saturated heterocycles.